The summed E-state index contributed by atoms with van der Waals surface area (Å²) in [4.78, 5) is 31.5. The lowest BCUT2D eigenvalue weighted by Crippen LogP contribution is -2.39. The SMILES string of the molecule is CCOC(=O)C1=C(C)N=c2s/c(=C/c3ccc(O)cc3)c(=O)n2[C@@H]1c1ccc(OC)c(Br)c1. The first-order chi connectivity index (χ1) is 15.8. The highest BCUT2D eigenvalue weighted by atomic mass is 79.9. The molecule has 1 atom stereocenters. The van der Waals surface area contributed by atoms with E-state index in [-0.39, 0.29) is 17.9 Å². The van der Waals surface area contributed by atoms with Crippen LogP contribution in [0.2, 0.25) is 0 Å². The molecule has 1 aromatic heterocycles. The topological polar surface area (TPSA) is 90.1 Å². The Balaban J connectivity index is 1.96. The molecule has 2 aromatic carbocycles. The number of allylic oxidation sites excluding steroid dienone is 1. The Labute approximate surface area is 202 Å². The van der Waals surface area contributed by atoms with Gasteiger partial charge in [-0.15, -0.1) is 0 Å². The predicted molar refractivity (Wildman–Crippen MR) is 129 cm³/mol. The van der Waals surface area contributed by atoms with Crippen molar-refractivity contribution < 1.29 is 19.4 Å². The molecular formula is C24H21BrN2O5S. The zero-order chi connectivity index (χ0) is 23.7. The molecule has 0 spiro atoms. The maximum Gasteiger partial charge on any atom is 0.338 e. The van der Waals surface area contributed by atoms with Gasteiger partial charge in [-0.1, -0.05) is 29.5 Å². The Morgan fingerprint density at radius 3 is 2.64 bits per heavy atom. The van der Waals surface area contributed by atoms with Crippen molar-refractivity contribution in [2.45, 2.75) is 19.9 Å². The number of ether oxygens (including phenoxy) is 2. The monoisotopic (exact) mass is 528 g/mol. The van der Waals surface area contributed by atoms with Crippen molar-refractivity contribution in [2.24, 2.45) is 4.99 Å². The highest BCUT2D eigenvalue weighted by Crippen LogP contribution is 2.34. The molecule has 0 saturated carbocycles. The number of hydrogen-bond acceptors (Lipinski definition) is 7. The van der Waals surface area contributed by atoms with E-state index in [2.05, 4.69) is 20.9 Å². The summed E-state index contributed by atoms with van der Waals surface area (Å²) in [5.74, 6) is 0.272. The van der Waals surface area contributed by atoms with Crippen molar-refractivity contribution in [1.82, 2.24) is 4.57 Å². The number of thiazole rings is 1. The molecule has 0 saturated heterocycles. The number of hydrogen-bond donors (Lipinski definition) is 1. The number of fused-ring (bicyclic) bond motifs is 1. The molecular weight excluding hydrogens is 508 g/mol. The third-order valence-electron chi connectivity index (χ3n) is 5.20. The first-order valence-electron chi connectivity index (χ1n) is 10.2. The fourth-order valence-electron chi connectivity index (χ4n) is 3.68. The van der Waals surface area contributed by atoms with Crippen molar-refractivity contribution in [2.75, 3.05) is 13.7 Å². The van der Waals surface area contributed by atoms with Crippen LogP contribution in [0.5, 0.6) is 11.5 Å². The van der Waals surface area contributed by atoms with Gasteiger partial charge < -0.3 is 14.6 Å². The minimum Gasteiger partial charge on any atom is -0.508 e. The quantitative estimate of drug-likeness (QED) is 0.513. The zero-order valence-electron chi connectivity index (χ0n) is 18.2. The van der Waals surface area contributed by atoms with Crippen molar-refractivity contribution in [3.63, 3.8) is 0 Å². The largest absolute Gasteiger partial charge is 0.508 e. The lowest BCUT2D eigenvalue weighted by molar-refractivity contribution is -0.139. The van der Waals surface area contributed by atoms with Gasteiger partial charge in [0.05, 0.1) is 40.0 Å². The Kier molecular flexibility index (Phi) is 6.53. The molecule has 1 aliphatic rings. The van der Waals surface area contributed by atoms with Crippen molar-refractivity contribution >= 4 is 39.3 Å². The van der Waals surface area contributed by atoms with E-state index < -0.39 is 12.0 Å². The molecule has 0 aliphatic carbocycles. The number of esters is 1. The molecule has 7 nitrogen and oxygen atoms in total. The van der Waals surface area contributed by atoms with E-state index in [0.717, 1.165) is 11.1 Å². The van der Waals surface area contributed by atoms with Gasteiger partial charge in [0.2, 0.25) is 0 Å². The second kappa shape index (κ2) is 9.36. The number of carbonyl (C=O) groups excluding carboxylic acids is 1. The summed E-state index contributed by atoms with van der Waals surface area (Å²) < 4.78 is 13.3. The molecule has 9 heteroatoms. The Hall–Kier alpha value is -3.17. The smallest absolute Gasteiger partial charge is 0.338 e. The third kappa shape index (κ3) is 4.38. The molecule has 0 unspecified atom stereocenters. The van der Waals surface area contributed by atoms with Gasteiger partial charge in [0.25, 0.3) is 5.56 Å². The summed E-state index contributed by atoms with van der Waals surface area (Å²) in [5.41, 5.74) is 2.04. The van der Waals surface area contributed by atoms with Gasteiger partial charge >= 0.3 is 5.97 Å². The van der Waals surface area contributed by atoms with E-state index in [1.54, 1.807) is 57.4 Å². The Bertz CT molecular complexity index is 1440. The number of rotatable bonds is 5. The summed E-state index contributed by atoms with van der Waals surface area (Å²) >= 11 is 4.74. The third-order valence-corrected chi connectivity index (χ3v) is 6.80. The van der Waals surface area contributed by atoms with Crippen molar-refractivity contribution in [1.29, 1.82) is 0 Å². The van der Waals surface area contributed by atoms with Crippen molar-refractivity contribution in [3.8, 4) is 11.5 Å². The van der Waals surface area contributed by atoms with Crippen molar-refractivity contribution in [3.05, 3.63) is 89.0 Å². The number of nitrogens with zero attached hydrogens (tertiary/aromatic N) is 2. The summed E-state index contributed by atoms with van der Waals surface area (Å²) in [6.45, 7) is 3.69. The van der Waals surface area contributed by atoms with Crippen LogP contribution in [-0.4, -0.2) is 29.4 Å². The summed E-state index contributed by atoms with van der Waals surface area (Å²) in [5, 5.41) is 9.53. The lowest BCUT2D eigenvalue weighted by atomic mass is 9.96. The standard InChI is InChI=1S/C24H21BrN2O5S/c1-4-32-23(30)20-13(2)26-24-27(21(20)15-7-10-18(31-3)17(25)12-15)22(29)19(33-24)11-14-5-8-16(28)9-6-14/h5-12,21,28H,4H2,1-3H3/b19-11+/t21-/m1/s1. The number of phenols is 1. The van der Waals surface area contributed by atoms with Crippen LogP contribution >= 0.6 is 27.3 Å². The molecule has 0 amide bonds. The maximum atomic E-state index is 13.5. The van der Waals surface area contributed by atoms with Crippen LogP contribution in [0.4, 0.5) is 0 Å². The van der Waals surface area contributed by atoms with Crippen LogP contribution in [0.25, 0.3) is 6.08 Å². The number of phenolic OH excluding ortho intramolecular Hbond substituents is 1. The highest BCUT2D eigenvalue weighted by Gasteiger charge is 2.33. The van der Waals surface area contributed by atoms with Crippen LogP contribution in [0.3, 0.4) is 0 Å². The lowest BCUT2D eigenvalue weighted by Gasteiger charge is -2.25. The van der Waals surface area contributed by atoms with Gasteiger partial charge in [0.15, 0.2) is 4.80 Å². The van der Waals surface area contributed by atoms with Crippen LogP contribution in [0, 0.1) is 0 Å². The van der Waals surface area contributed by atoms with Gasteiger partial charge in [0.1, 0.15) is 11.5 Å². The fourth-order valence-corrected chi connectivity index (χ4v) is 5.29. The maximum absolute atomic E-state index is 13.5. The number of halogens is 1. The normalized spacial score (nSPS) is 15.8. The van der Waals surface area contributed by atoms with E-state index in [1.165, 1.54) is 15.9 Å². The van der Waals surface area contributed by atoms with Gasteiger partial charge in [-0.05, 0) is 71.2 Å². The van der Waals surface area contributed by atoms with E-state index in [4.69, 9.17) is 9.47 Å². The molecule has 170 valence electrons. The second-order valence-corrected chi connectivity index (χ2v) is 9.15. The second-order valence-electron chi connectivity index (χ2n) is 7.29. The molecule has 1 aliphatic heterocycles. The molecule has 33 heavy (non-hydrogen) atoms. The average molecular weight is 529 g/mol. The number of methoxy groups -OCH3 is 1. The number of carbonyl (C=O) groups is 1. The van der Waals surface area contributed by atoms with Crippen LogP contribution < -0.4 is 19.6 Å². The first kappa shape index (κ1) is 23.0. The minimum absolute atomic E-state index is 0.147. The zero-order valence-corrected chi connectivity index (χ0v) is 20.6. The first-order valence-corrected chi connectivity index (χ1v) is 11.8. The molecule has 0 fully saturated rings. The molecule has 0 bridgehead atoms. The minimum atomic E-state index is -0.704. The molecule has 4 rings (SSSR count). The Morgan fingerprint density at radius 1 is 1.27 bits per heavy atom. The molecule has 1 N–H and O–H groups in total. The summed E-state index contributed by atoms with van der Waals surface area (Å²) in [7, 11) is 1.57. The molecule has 0 radical (unpaired) electrons. The number of benzene rings is 2. The van der Waals surface area contributed by atoms with Crippen LogP contribution in [0.1, 0.15) is 31.0 Å². The molecule has 3 aromatic rings. The summed E-state index contributed by atoms with van der Waals surface area (Å²) in [6, 6.07) is 11.3. The van der Waals surface area contributed by atoms with Crippen LogP contribution in [0.15, 0.2) is 68.0 Å². The van der Waals surface area contributed by atoms with Gasteiger partial charge in [-0.3, -0.25) is 9.36 Å². The number of aromatic nitrogens is 1. The highest BCUT2D eigenvalue weighted by molar-refractivity contribution is 9.10. The Morgan fingerprint density at radius 2 is 2.00 bits per heavy atom. The average Bonchev–Trinajstić information content (AvgIpc) is 3.09. The van der Waals surface area contributed by atoms with Crippen LogP contribution in [-0.2, 0) is 9.53 Å². The van der Waals surface area contributed by atoms with Gasteiger partial charge in [-0.2, -0.15) is 0 Å². The van der Waals surface area contributed by atoms with E-state index in [1.807, 2.05) is 12.1 Å². The molecule has 2 heterocycles. The predicted octanol–water partition coefficient (Wildman–Crippen LogP) is 3.28. The number of aromatic hydroxyl groups is 1. The fraction of sp³-hybridized carbons (Fsp3) is 0.208. The van der Waals surface area contributed by atoms with E-state index in [9.17, 15) is 14.7 Å². The van der Waals surface area contributed by atoms with Gasteiger partial charge in [0, 0.05) is 0 Å². The van der Waals surface area contributed by atoms with E-state index >= 15 is 0 Å². The van der Waals surface area contributed by atoms with Gasteiger partial charge in [-0.25, -0.2) is 9.79 Å². The van der Waals surface area contributed by atoms with E-state index in [0.29, 0.717) is 30.8 Å². The summed E-state index contributed by atoms with van der Waals surface area (Å²) in [6.07, 6.45) is 1.74.